The fourth-order valence-corrected chi connectivity index (χ4v) is 3.56. The number of nitrogens with one attached hydrogen (secondary N) is 2. The molecule has 1 atom stereocenters. The number of anilines is 2. The number of carbonyl (C=O) groups is 1. The molecule has 2 fully saturated rings. The number of nitriles is 1. The zero-order valence-corrected chi connectivity index (χ0v) is 14.3. The molecular weight excluding hydrogens is 321 g/mol. The van der Waals surface area contributed by atoms with E-state index in [2.05, 4.69) is 16.7 Å². The molecule has 1 amide bonds. The number of benzene rings is 1. The summed E-state index contributed by atoms with van der Waals surface area (Å²) in [5.41, 5.74) is -0.211. The lowest BCUT2D eigenvalue weighted by atomic mass is 9.74. The van der Waals surface area contributed by atoms with Crippen molar-refractivity contribution in [2.24, 2.45) is 5.41 Å². The van der Waals surface area contributed by atoms with Gasteiger partial charge in [-0.2, -0.15) is 5.26 Å². The van der Waals surface area contributed by atoms with E-state index < -0.39 is 11.2 Å². The lowest BCUT2D eigenvalue weighted by Gasteiger charge is -2.29. The normalized spacial score (nSPS) is 22.2. The molecule has 134 valence electrons. The first kappa shape index (κ1) is 17.7. The van der Waals surface area contributed by atoms with Crippen molar-refractivity contribution in [3.05, 3.63) is 24.0 Å². The van der Waals surface area contributed by atoms with E-state index in [0.717, 1.165) is 38.7 Å². The second-order valence-electron chi connectivity index (χ2n) is 6.92. The molecule has 1 aromatic rings. The van der Waals surface area contributed by atoms with Gasteiger partial charge in [0.2, 0.25) is 5.91 Å². The van der Waals surface area contributed by atoms with Gasteiger partial charge in [0.25, 0.3) is 0 Å². The Bertz CT molecular complexity index is 659. The molecule has 1 heterocycles. The van der Waals surface area contributed by atoms with Crippen LogP contribution in [0.1, 0.15) is 44.9 Å². The maximum absolute atomic E-state index is 14.3. The van der Waals surface area contributed by atoms with Gasteiger partial charge in [0.1, 0.15) is 11.2 Å². The summed E-state index contributed by atoms with van der Waals surface area (Å²) in [6, 6.07) is 6.75. The van der Waals surface area contributed by atoms with Crippen molar-refractivity contribution in [2.45, 2.75) is 51.0 Å². The summed E-state index contributed by atoms with van der Waals surface area (Å²) >= 11 is 0. The second-order valence-corrected chi connectivity index (χ2v) is 6.92. The van der Waals surface area contributed by atoms with E-state index in [1.54, 1.807) is 12.1 Å². The minimum atomic E-state index is -0.981. The molecule has 1 aliphatic carbocycles. The van der Waals surface area contributed by atoms with Gasteiger partial charge in [-0.15, -0.1) is 0 Å². The van der Waals surface area contributed by atoms with Crippen molar-refractivity contribution in [2.75, 3.05) is 23.8 Å². The molecule has 5 nitrogen and oxygen atoms in total. The highest BCUT2D eigenvalue weighted by molar-refractivity contribution is 5.97. The predicted octanol–water partition coefficient (Wildman–Crippen LogP) is 3.83. The van der Waals surface area contributed by atoms with Gasteiger partial charge in [0.05, 0.1) is 17.9 Å². The van der Waals surface area contributed by atoms with Crippen LogP contribution in [0.25, 0.3) is 0 Å². The molecule has 25 heavy (non-hydrogen) atoms. The summed E-state index contributed by atoms with van der Waals surface area (Å²) in [7, 11) is 0. The zero-order valence-electron chi connectivity index (χ0n) is 14.3. The van der Waals surface area contributed by atoms with Crippen molar-refractivity contribution in [3.63, 3.8) is 0 Å². The van der Waals surface area contributed by atoms with Crippen LogP contribution in [0.4, 0.5) is 15.8 Å². The highest BCUT2D eigenvalue weighted by Crippen LogP contribution is 2.37. The Morgan fingerprint density at radius 3 is 2.76 bits per heavy atom. The molecule has 2 aliphatic rings. The number of hydrogen-bond donors (Lipinski definition) is 2. The number of hydrogen-bond acceptors (Lipinski definition) is 4. The van der Waals surface area contributed by atoms with Crippen LogP contribution < -0.4 is 10.6 Å². The summed E-state index contributed by atoms with van der Waals surface area (Å²) in [5.74, 6) is -0.750. The highest BCUT2D eigenvalue weighted by atomic mass is 19.1. The van der Waals surface area contributed by atoms with E-state index in [0.29, 0.717) is 30.8 Å². The molecule has 1 aromatic carbocycles. The summed E-state index contributed by atoms with van der Waals surface area (Å²) in [6.07, 6.45) is 6.09. The zero-order chi connectivity index (χ0) is 17.7. The number of ether oxygens (including phenoxy) is 1. The summed E-state index contributed by atoms with van der Waals surface area (Å²) < 4.78 is 19.8. The first-order valence-electron chi connectivity index (χ1n) is 9.01. The highest BCUT2D eigenvalue weighted by Gasteiger charge is 2.39. The third-order valence-electron chi connectivity index (χ3n) is 5.13. The third-order valence-corrected chi connectivity index (χ3v) is 5.13. The molecular formula is C19H24FN3O2. The Labute approximate surface area is 147 Å². The molecule has 0 spiro atoms. The Kier molecular flexibility index (Phi) is 5.54. The fourth-order valence-electron chi connectivity index (χ4n) is 3.56. The van der Waals surface area contributed by atoms with Gasteiger partial charge < -0.3 is 15.4 Å². The van der Waals surface area contributed by atoms with Crippen molar-refractivity contribution in [1.29, 1.82) is 5.26 Å². The van der Waals surface area contributed by atoms with Crippen molar-refractivity contribution in [1.82, 2.24) is 0 Å². The molecule has 0 aromatic heterocycles. The van der Waals surface area contributed by atoms with E-state index in [-0.39, 0.29) is 12.0 Å². The Morgan fingerprint density at radius 1 is 1.32 bits per heavy atom. The van der Waals surface area contributed by atoms with Crippen LogP contribution in [0.5, 0.6) is 0 Å². The number of carbonyl (C=O) groups excluding carboxylic acids is 1. The molecule has 0 unspecified atom stereocenters. The molecule has 0 radical (unpaired) electrons. The monoisotopic (exact) mass is 345 g/mol. The topological polar surface area (TPSA) is 74.2 Å². The SMILES string of the molecule is N#CC1(C(=O)Nc2ccc(NC[C@@H]3CCCO3)c(F)c2)CCCCC1. The van der Waals surface area contributed by atoms with E-state index in [9.17, 15) is 14.4 Å². The lowest BCUT2D eigenvalue weighted by molar-refractivity contribution is -0.124. The minimum Gasteiger partial charge on any atom is -0.380 e. The van der Waals surface area contributed by atoms with E-state index >= 15 is 0 Å². The summed E-state index contributed by atoms with van der Waals surface area (Å²) in [5, 5.41) is 15.2. The Hall–Kier alpha value is -2.13. The van der Waals surface area contributed by atoms with Gasteiger partial charge in [-0.3, -0.25) is 4.79 Å². The minimum absolute atomic E-state index is 0.126. The molecule has 6 heteroatoms. The number of halogens is 1. The molecule has 0 bridgehead atoms. The first-order chi connectivity index (χ1) is 12.1. The first-order valence-corrected chi connectivity index (χ1v) is 9.01. The standard InChI is InChI=1S/C19H24FN3O2/c20-16-11-14(6-7-17(16)22-12-15-5-4-10-25-15)23-18(24)19(13-21)8-2-1-3-9-19/h6-7,11,15,22H,1-5,8-10,12H2,(H,23,24)/t15-/m0/s1. The number of nitrogens with zero attached hydrogens (tertiary/aromatic N) is 1. The number of amides is 1. The van der Waals surface area contributed by atoms with Gasteiger partial charge in [-0.05, 0) is 43.9 Å². The Balaban J connectivity index is 1.62. The van der Waals surface area contributed by atoms with Gasteiger partial charge in [-0.1, -0.05) is 19.3 Å². The quantitative estimate of drug-likeness (QED) is 0.850. The molecule has 1 aliphatic heterocycles. The maximum atomic E-state index is 14.3. The van der Waals surface area contributed by atoms with Crippen LogP contribution in [-0.2, 0) is 9.53 Å². The second kappa shape index (κ2) is 7.83. The molecule has 1 saturated heterocycles. The van der Waals surface area contributed by atoms with E-state index in [1.807, 2.05) is 0 Å². The van der Waals surface area contributed by atoms with E-state index in [4.69, 9.17) is 4.74 Å². The van der Waals surface area contributed by atoms with Gasteiger partial charge in [0, 0.05) is 18.8 Å². The molecule has 3 rings (SSSR count). The lowest BCUT2D eigenvalue weighted by Crippen LogP contribution is -2.36. The average molecular weight is 345 g/mol. The largest absolute Gasteiger partial charge is 0.380 e. The van der Waals surface area contributed by atoms with Crippen LogP contribution in [0.2, 0.25) is 0 Å². The predicted molar refractivity (Wildman–Crippen MR) is 93.6 cm³/mol. The Morgan fingerprint density at radius 2 is 2.12 bits per heavy atom. The van der Waals surface area contributed by atoms with Crippen molar-refractivity contribution < 1.29 is 13.9 Å². The van der Waals surface area contributed by atoms with Crippen LogP contribution in [-0.4, -0.2) is 25.2 Å². The maximum Gasteiger partial charge on any atom is 0.244 e. The molecule has 2 N–H and O–H groups in total. The fraction of sp³-hybridized carbons (Fsp3) is 0.579. The van der Waals surface area contributed by atoms with E-state index in [1.165, 1.54) is 6.07 Å². The summed E-state index contributed by atoms with van der Waals surface area (Å²) in [6.45, 7) is 1.33. The van der Waals surface area contributed by atoms with Crippen LogP contribution in [0.15, 0.2) is 18.2 Å². The summed E-state index contributed by atoms with van der Waals surface area (Å²) in [4.78, 5) is 12.5. The van der Waals surface area contributed by atoms with Gasteiger partial charge in [-0.25, -0.2) is 4.39 Å². The van der Waals surface area contributed by atoms with Crippen LogP contribution in [0.3, 0.4) is 0 Å². The van der Waals surface area contributed by atoms with Crippen LogP contribution >= 0.6 is 0 Å². The average Bonchev–Trinajstić information content (AvgIpc) is 3.15. The smallest absolute Gasteiger partial charge is 0.244 e. The molecule has 1 saturated carbocycles. The van der Waals surface area contributed by atoms with Crippen molar-refractivity contribution >= 4 is 17.3 Å². The van der Waals surface area contributed by atoms with Crippen molar-refractivity contribution in [3.8, 4) is 6.07 Å². The van der Waals surface area contributed by atoms with Crippen LogP contribution in [0, 0.1) is 22.6 Å². The number of rotatable bonds is 5. The van der Waals surface area contributed by atoms with Gasteiger partial charge in [0.15, 0.2) is 0 Å². The third kappa shape index (κ3) is 4.10. The van der Waals surface area contributed by atoms with Gasteiger partial charge >= 0.3 is 0 Å².